The summed E-state index contributed by atoms with van der Waals surface area (Å²) < 4.78 is 5.88. The summed E-state index contributed by atoms with van der Waals surface area (Å²) in [4.78, 5) is 12.2. The van der Waals surface area contributed by atoms with Crippen LogP contribution in [-0.4, -0.2) is 44.1 Å². The third-order valence-corrected chi connectivity index (χ3v) is 4.75. The standard InChI is InChI=1S/C25H44NO2P/c1-5-6-7-8-9-10-11-12-13-14-15-16-17-18-19-20-21-22-24(27)25(28-29)23-26(2,3)4/h9-10,12-13,15-16,18-19,25,29H,5-8,11,14,17,20-23H2,1-4H3/b10-9-,13-12-,16-15-,19-18-. The molecular weight excluding hydrogens is 377 g/mol. The van der Waals surface area contributed by atoms with Gasteiger partial charge in [0.25, 0.3) is 0 Å². The third-order valence-electron chi connectivity index (χ3n) is 4.47. The number of unbranched alkanes of at least 4 members (excludes halogenated alkanes) is 4. The minimum Gasteiger partial charge on any atom is -0.549 e. The fraction of sp³-hybridized carbons (Fsp3) is 0.640. The summed E-state index contributed by atoms with van der Waals surface area (Å²) in [5.41, 5.74) is 0. The molecule has 0 aliphatic rings. The normalized spacial score (nSPS) is 14.1. The Bertz CT molecular complexity index is 515. The zero-order valence-electron chi connectivity index (χ0n) is 19.2. The second-order valence-electron chi connectivity index (χ2n) is 8.53. The summed E-state index contributed by atoms with van der Waals surface area (Å²) in [5, 5.41) is 0. The second kappa shape index (κ2) is 19.0. The van der Waals surface area contributed by atoms with E-state index in [0.717, 1.165) is 32.1 Å². The molecule has 0 rings (SSSR count). The van der Waals surface area contributed by atoms with Crippen molar-refractivity contribution in [2.75, 3.05) is 27.7 Å². The molecule has 0 saturated heterocycles. The highest BCUT2D eigenvalue weighted by Crippen LogP contribution is 2.10. The SMILES string of the molecule is CCCCC/C=C\C/C=C\C/C=C\C/C=C\CCCC(=O)C(C[N+](C)(C)C)O[PH-]. The minimum absolute atomic E-state index is 0.170. The molecular formula is C25H44NO2P. The van der Waals surface area contributed by atoms with Gasteiger partial charge in [0.05, 0.1) is 21.1 Å². The monoisotopic (exact) mass is 421 g/mol. The van der Waals surface area contributed by atoms with Crippen molar-refractivity contribution in [2.24, 2.45) is 0 Å². The summed E-state index contributed by atoms with van der Waals surface area (Å²) in [6, 6.07) is 0. The van der Waals surface area contributed by atoms with Gasteiger partial charge in [0.2, 0.25) is 0 Å². The Morgan fingerprint density at radius 1 is 0.828 bits per heavy atom. The Balaban J connectivity index is 3.73. The molecule has 4 heteroatoms. The molecule has 0 heterocycles. The van der Waals surface area contributed by atoms with Gasteiger partial charge in [-0.3, -0.25) is 4.79 Å². The van der Waals surface area contributed by atoms with Crippen LogP contribution in [-0.2, 0) is 9.32 Å². The second-order valence-corrected chi connectivity index (χ2v) is 8.76. The molecule has 0 aromatic rings. The minimum atomic E-state index is -0.372. The molecule has 0 fully saturated rings. The van der Waals surface area contributed by atoms with Crippen molar-refractivity contribution in [1.29, 1.82) is 0 Å². The van der Waals surface area contributed by atoms with Crippen molar-refractivity contribution in [1.82, 2.24) is 0 Å². The molecule has 0 bridgehead atoms. The van der Waals surface area contributed by atoms with Crippen LogP contribution in [0.1, 0.15) is 71.1 Å². The highest BCUT2D eigenvalue weighted by molar-refractivity contribution is 7.09. The fourth-order valence-corrected chi connectivity index (χ4v) is 3.02. The van der Waals surface area contributed by atoms with Crippen molar-refractivity contribution in [3.63, 3.8) is 0 Å². The maximum atomic E-state index is 12.2. The number of hydrogen-bond donors (Lipinski definition) is 0. The molecule has 1 atom stereocenters. The maximum Gasteiger partial charge on any atom is 0.164 e. The topological polar surface area (TPSA) is 26.3 Å². The van der Waals surface area contributed by atoms with Gasteiger partial charge in [-0.25, -0.2) is 0 Å². The van der Waals surface area contributed by atoms with E-state index in [0.29, 0.717) is 17.4 Å². The number of Topliss-reactive ketones (excluding diaryl/α,β-unsaturated/α-hetero) is 1. The van der Waals surface area contributed by atoms with Crippen LogP contribution in [0.5, 0.6) is 0 Å². The van der Waals surface area contributed by atoms with Crippen LogP contribution in [0.4, 0.5) is 0 Å². The molecule has 1 unspecified atom stereocenters. The van der Waals surface area contributed by atoms with E-state index < -0.39 is 0 Å². The van der Waals surface area contributed by atoms with Gasteiger partial charge >= 0.3 is 0 Å². The Morgan fingerprint density at radius 2 is 1.31 bits per heavy atom. The lowest BCUT2D eigenvalue weighted by atomic mass is 10.1. The fourth-order valence-electron chi connectivity index (χ4n) is 2.82. The van der Waals surface area contributed by atoms with E-state index in [1.807, 2.05) is 0 Å². The first-order chi connectivity index (χ1) is 13.9. The van der Waals surface area contributed by atoms with Crippen LogP contribution in [0.2, 0.25) is 0 Å². The number of hydrogen-bond acceptors (Lipinski definition) is 2. The average Bonchev–Trinajstić information content (AvgIpc) is 2.67. The molecule has 0 aromatic heterocycles. The molecule has 0 radical (unpaired) electrons. The lowest BCUT2D eigenvalue weighted by Crippen LogP contribution is -2.44. The van der Waals surface area contributed by atoms with E-state index in [-0.39, 0.29) is 11.9 Å². The van der Waals surface area contributed by atoms with Crippen molar-refractivity contribution >= 4 is 15.2 Å². The highest BCUT2D eigenvalue weighted by Gasteiger charge is 2.21. The van der Waals surface area contributed by atoms with E-state index in [2.05, 4.69) is 86.1 Å². The lowest BCUT2D eigenvalue weighted by molar-refractivity contribution is -0.872. The van der Waals surface area contributed by atoms with Crippen molar-refractivity contribution in [3.05, 3.63) is 48.6 Å². The number of rotatable bonds is 18. The molecule has 0 spiro atoms. The van der Waals surface area contributed by atoms with E-state index in [1.165, 1.54) is 25.7 Å². The molecule has 0 amide bonds. The largest absolute Gasteiger partial charge is 0.549 e. The van der Waals surface area contributed by atoms with Gasteiger partial charge in [-0.1, -0.05) is 68.4 Å². The van der Waals surface area contributed by atoms with Crippen LogP contribution >= 0.6 is 9.47 Å². The number of nitrogens with zero attached hydrogens (tertiary/aromatic N) is 1. The number of carbonyl (C=O) groups excluding carboxylic acids is 1. The first-order valence-corrected chi connectivity index (χ1v) is 11.6. The van der Waals surface area contributed by atoms with Crippen LogP contribution in [0.15, 0.2) is 48.6 Å². The van der Waals surface area contributed by atoms with Crippen LogP contribution in [0, 0.1) is 0 Å². The van der Waals surface area contributed by atoms with Crippen LogP contribution in [0.3, 0.4) is 0 Å². The molecule has 29 heavy (non-hydrogen) atoms. The summed E-state index contributed by atoms with van der Waals surface area (Å²) >= 11 is 0. The molecule has 0 aliphatic carbocycles. The zero-order chi connectivity index (χ0) is 21.8. The summed E-state index contributed by atoms with van der Waals surface area (Å²) in [7, 11) is 9.23. The molecule has 0 aliphatic heterocycles. The predicted octanol–water partition coefficient (Wildman–Crippen LogP) is 6.85. The Hall–Kier alpha value is -1.02. The van der Waals surface area contributed by atoms with Gasteiger partial charge in [0, 0.05) is 6.42 Å². The number of likely N-dealkylation sites (N-methyl/N-ethyl adjacent to an activating group) is 1. The molecule has 3 nitrogen and oxygen atoms in total. The number of carbonyl (C=O) groups is 1. The predicted molar refractivity (Wildman–Crippen MR) is 129 cm³/mol. The number of quaternary nitrogens is 1. The molecule has 166 valence electrons. The van der Waals surface area contributed by atoms with E-state index >= 15 is 0 Å². The molecule has 0 saturated carbocycles. The average molecular weight is 422 g/mol. The first kappa shape index (κ1) is 28.0. The van der Waals surface area contributed by atoms with Gasteiger partial charge in [0.15, 0.2) is 5.78 Å². The highest BCUT2D eigenvalue weighted by atomic mass is 31.0. The van der Waals surface area contributed by atoms with Crippen molar-refractivity contribution in [3.8, 4) is 0 Å². The zero-order valence-corrected chi connectivity index (χ0v) is 20.2. The van der Waals surface area contributed by atoms with Crippen LogP contribution < -0.4 is 0 Å². The van der Waals surface area contributed by atoms with Gasteiger partial charge in [0.1, 0.15) is 12.6 Å². The summed E-state index contributed by atoms with van der Waals surface area (Å²) in [5.74, 6) is 0.170. The lowest BCUT2D eigenvalue weighted by Gasteiger charge is -2.30. The van der Waals surface area contributed by atoms with Gasteiger partial charge < -0.3 is 18.5 Å². The number of allylic oxidation sites excluding steroid dienone is 8. The Labute approximate surface area is 182 Å². The van der Waals surface area contributed by atoms with Gasteiger partial charge in [-0.05, 0) is 44.9 Å². The number of ketones is 1. The first-order valence-electron chi connectivity index (χ1n) is 11.2. The Kier molecular flexibility index (Phi) is 18.3. The van der Waals surface area contributed by atoms with E-state index in [1.54, 1.807) is 0 Å². The third kappa shape index (κ3) is 20.0. The summed E-state index contributed by atoms with van der Waals surface area (Å²) in [6.45, 7) is 2.91. The molecule has 0 aromatic carbocycles. The van der Waals surface area contributed by atoms with Crippen molar-refractivity contribution in [2.45, 2.75) is 77.2 Å². The smallest absolute Gasteiger partial charge is 0.164 e. The van der Waals surface area contributed by atoms with Crippen molar-refractivity contribution < 1.29 is 13.8 Å². The molecule has 0 N–H and O–H groups in total. The van der Waals surface area contributed by atoms with E-state index in [9.17, 15) is 4.79 Å². The quantitative estimate of drug-likeness (QED) is 0.105. The summed E-state index contributed by atoms with van der Waals surface area (Å²) in [6.07, 6.45) is 27.9. The Morgan fingerprint density at radius 3 is 1.76 bits per heavy atom. The maximum absolute atomic E-state index is 12.2. The van der Waals surface area contributed by atoms with Gasteiger partial charge in [-0.15, -0.1) is 0 Å². The van der Waals surface area contributed by atoms with E-state index in [4.69, 9.17) is 4.52 Å². The van der Waals surface area contributed by atoms with Gasteiger partial charge in [-0.2, -0.15) is 0 Å². The van der Waals surface area contributed by atoms with Crippen LogP contribution in [0.25, 0.3) is 0 Å².